The van der Waals surface area contributed by atoms with Crippen molar-refractivity contribution in [3.8, 4) is 11.5 Å². The van der Waals surface area contributed by atoms with E-state index >= 15 is 0 Å². The molecule has 0 radical (unpaired) electrons. The van der Waals surface area contributed by atoms with Crippen molar-refractivity contribution in [2.75, 3.05) is 19.1 Å². The van der Waals surface area contributed by atoms with Gasteiger partial charge in [0, 0.05) is 18.4 Å². The smallest absolute Gasteiger partial charge is 0.238 e. The van der Waals surface area contributed by atoms with Gasteiger partial charge < -0.3 is 9.47 Å². The van der Waals surface area contributed by atoms with Gasteiger partial charge in [-0.1, -0.05) is 24.3 Å². The quantitative estimate of drug-likeness (QED) is 0.769. The van der Waals surface area contributed by atoms with E-state index in [-0.39, 0.29) is 23.5 Å². The van der Waals surface area contributed by atoms with Gasteiger partial charge in [-0.25, -0.2) is 4.90 Å². The maximum absolute atomic E-state index is 13.4. The first kappa shape index (κ1) is 17.0. The Kier molecular flexibility index (Phi) is 3.59. The molecule has 6 nitrogen and oxygen atoms in total. The molecule has 1 heterocycles. The molecule has 0 aromatic heterocycles. The van der Waals surface area contributed by atoms with Gasteiger partial charge in [0.1, 0.15) is 17.3 Å². The lowest BCUT2D eigenvalue weighted by molar-refractivity contribution is -0.134. The van der Waals surface area contributed by atoms with Gasteiger partial charge >= 0.3 is 0 Å². The number of hydrogen-bond donors (Lipinski definition) is 0. The number of methoxy groups -OCH3 is 2. The van der Waals surface area contributed by atoms with Crippen LogP contribution < -0.4 is 14.4 Å². The summed E-state index contributed by atoms with van der Waals surface area (Å²) in [7, 11) is 3.01. The Labute approximate surface area is 162 Å². The molecule has 6 heteroatoms. The molecule has 2 fully saturated rings. The lowest BCUT2D eigenvalue weighted by Gasteiger charge is -2.43. The molecule has 1 saturated heterocycles. The Hall–Kier alpha value is -3.15. The van der Waals surface area contributed by atoms with E-state index in [0.29, 0.717) is 23.6 Å². The van der Waals surface area contributed by atoms with Crippen LogP contribution in [0.1, 0.15) is 29.4 Å². The van der Waals surface area contributed by atoms with Gasteiger partial charge in [-0.05, 0) is 23.3 Å². The Bertz CT molecular complexity index is 1030. The molecule has 2 bridgehead atoms. The zero-order valence-corrected chi connectivity index (χ0v) is 15.5. The van der Waals surface area contributed by atoms with Crippen molar-refractivity contribution in [3.63, 3.8) is 0 Å². The first-order chi connectivity index (χ1) is 13.6. The van der Waals surface area contributed by atoms with Crippen LogP contribution in [-0.4, -0.2) is 31.8 Å². The first-order valence-electron chi connectivity index (χ1n) is 9.28. The molecule has 0 unspecified atom stereocenters. The number of benzene rings is 2. The number of ketones is 1. The molecule has 0 N–H and O–H groups in total. The molecule has 2 aromatic rings. The molecule has 0 spiro atoms. The number of rotatable bonds is 3. The zero-order valence-electron chi connectivity index (χ0n) is 15.5. The fraction of sp³-hybridized carbons (Fsp3) is 0.318. The van der Waals surface area contributed by atoms with Crippen molar-refractivity contribution < 1.29 is 23.9 Å². The molecule has 28 heavy (non-hydrogen) atoms. The predicted octanol–water partition coefficient (Wildman–Crippen LogP) is 2.66. The molecule has 4 aliphatic rings. The largest absolute Gasteiger partial charge is 0.497 e. The second kappa shape index (κ2) is 5.92. The van der Waals surface area contributed by atoms with E-state index in [0.717, 1.165) is 11.1 Å². The summed E-state index contributed by atoms with van der Waals surface area (Å²) in [6.07, 6.45) is 0.310. The highest BCUT2D eigenvalue weighted by molar-refractivity contribution is 6.25. The van der Waals surface area contributed by atoms with E-state index in [1.807, 2.05) is 24.3 Å². The average molecular weight is 377 g/mol. The molecule has 1 saturated carbocycles. The number of nitrogens with zero attached hydrogens (tertiary/aromatic N) is 1. The zero-order chi connectivity index (χ0) is 19.6. The number of amides is 2. The van der Waals surface area contributed by atoms with Crippen molar-refractivity contribution in [2.24, 2.45) is 11.8 Å². The predicted molar refractivity (Wildman–Crippen MR) is 101 cm³/mol. The monoisotopic (exact) mass is 377 g/mol. The van der Waals surface area contributed by atoms with Crippen LogP contribution in [0, 0.1) is 11.8 Å². The lowest BCUT2D eigenvalue weighted by Crippen LogP contribution is -2.44. The number of anilines is 1. The van der Waals surface area contributed by atoms with Crippen LogP contribution in [0.15, 0.2) is 42.5 Å². The summed E-state index contributed by atoms with van der Waals surface area (Å²) < 4.78 is 10.7. The summed E-state index contributed by atoms with van der Waals surface area (Å²) in [4.78, 5) is 40.8. The van der Waals surface area contributed by atoms with Crippen LogP contribution in [0.3, 0.4) is 0 Å². The highest BCUT2D eigenvalue weighted by Gasteiger charge is 2.63. The number of ether oxygens (including phenoxy) is 2. The van der Waals surface area contributed by atoms with Crippen molar-refractivity contribution >= 4 is 23.3 Å². The molecule has 1 aliphatic heterocycles. The van der Waals surface area contributed by atoms with E-state index in [1.165, 1.54) is 19.1 Å². The summed E-state index contributed by atoms with van der Waals surface area (Å²) >= 11 is 0. The number of carbonyl (C=O) groups excluding carboxylic acids is 3. The van der Waals surface area contributed by atoms with Crippen LogP contribution in [0.25, 0.3) is 0 Å². The summed E-state index contributed by atoms with van der Waals surface area (Å²) in [5.74, 6) is -1.58. The Morgan fingerprint density at radius 3 is 2.32 bits per heavy atom. The topological polar surface area (TPSA) is 72.9 Å². The molecular weight excluding hydrogens is 358 g/mol. The van der Waals surface area contributed by atoms with Gasteiger partial charge in [0.2, 0.25) is 11.8 Å². The SMILES string of the molecule is COc1ccc(OC)c(N2C(=O)[C@@H]3[C@@H](C2=O)[C@H]2C(=O)C[C@H]3c3ccccc32)c1. The Morgan fingerprint density at radius 2 is 1.61 bits per heavy atom. The van der Waals surface area contributed by atoms with Gasteiger partial charge in [0.05, 0.1) is 37.7 Å². The minimum atomic E-state index is -0.649. The summed E-state index contributed by atoms with van der Waals surface area (Å²) in [5, 5.41) is 0. The number of Topliss-reactive ketones (excluding diaryl/α,β-unsaturated/α-hetero) is 1. The second-order valence-corrected chi connectivity index (χ2v) is 7.48. The van der Waals surface area contributed by atoms with Crippen LogP contribution in [0.2, 0.25) is 0 Å². The van der Waals surface area contributed by atoms with Gasteiger partial charge in [0.25, 0.3) is 0 Å². The van der Waals surface area contributed by atoms with E-state index in [9.17, 15) is 14.4 Å². The minimum Gasteiger partial charge on any atom is -0.497 e. The fourth-order valence-electron chi connectivity index (χ4n) is 5.17. The van der Waals surface area contributed by atoms with Gasteiger partial charge in [-0.3, -0.25) is 14.4 Å². The van der Waals surface area contributed by atoms with Gasteiger partial charge in [0.15, 0.2) is 0 Å². The van der Waals surface area contributed by atoms with Crippen molar-refractivity contribution in [1.29, 1.82) is 0 Å². The van der Waals surface area contributed by atoms with Crippen LogP contribution in [0.4, 0.5) is 5.69 Å². The molecule has 2 amide bonds. The third kappa shape index (κ3) is 2.06. The highest BCUT2D eigenvalue weighted by Crippen LogP contribution is 2.58. The number of hydrogen-bond acceptors (Lipinski definition) is 5. The van der Waals surface area contributed by atoms with E-state index < -0.39 is 17.8 Å². The van der Waals surface area contributed by atoms with E-state index in [2.05, 4.69) is 0 Å². The van der Waals surface area contributed by atoms with Crippen LogP contribution in [0.5, 0.6) is 11.5 Å². The molecular formula is C22H19NO5. The first-order valence-corrected chi connectivity index (χ1v) is 9.28. The number of fused-ring (bicyclic) bond motifs is 1. The standard InChI is InChI=1S/C22H19NO5/c1-27-11-7-8-17(28-2)15(9-11)23-21(25)19-14-10-16(24)18(20(19)22(23)26)13-6-4-3-5-12(13)14/h3-9,14,18-20H,10H2,1-2H3/t14-,18+,19-,20-/m0/s1. The lowest BCUT2D eigenvalue weighted by atomic mass is 9.56. The normalized spacial score (nSPS) is 27.6. The highest BCUT2D eigenvalue weighted by atomic mass is 16.5. The van der Waals surface area contributed by atoms with E-state index in [1.54, 1.807) is 18.2 Å². The number of carbonyl (C=O) groups is 3. The number of imide groups is 1. The average Bonchev–Trinajstić information content (AvgIpc) is 2.99. The summed E-state index contributed by atoms with van der Waals surface area (Å²) in [6, 6.07) is 12.7. The maximum Gasteiger partial charge on any atom is 0.238 e. The Balaban J connectivity index is 1.65. The third-order valence-electron chi connectivity index (χ3n) is 6.32. The molecule has 4 atom stereocenters. The van der Waals surface area contributed by atoms with Crippen molar-refractivity contribution in [2.45, 2.75) is 18.3 Å². The van der Waals surface area contributed by atoms with Gasteiger partial charge in [-0.2, -0.15) is 0 Å². The maximum atomic E-state index is 13.4. The summed E-state index contributed by atoms with van der Waals surface area (Å²) in [6.45, 7) is 0. The van der Waals surface area contributed by atoms with E-state index in [4.69, 9.17) is 9.47 Å². The molecule has 142 valence electrons. The second-order valence-electron chi connectivity index (χ2n) is 7.48. The molecule has 6 rings (SSSR count). The van der Waals surface area contributed by atoms with Crippen molar-refractivity contribution in [1.82, 2.24) is 0 Å². The minimum absolute atomic E-state index is 0.0468. The third-order valence-corrected chi connectivity index (χ3v) is 6.32. The summed E-state index contributed by atoms with van der Waals surface area (Å²) in [5.41, 5.74) is 2.28. The molecule has 2 aromatic carbocycles. The fourth-order valence-corrected chi connectivity index (χ4v) is 5.17. The Morgan fingerprint density at radius 1 is 0.893 bits per heavy atom. The van der Waals surface area contributed by atoms with Crippen LogP contribution in [-0.2, 0) is 14.4 Å². The van der Waals surface area contributed by atoms with Gasteiger partial charge in [-0.15, -0.1) is 0 Å². The van der Waals surface area contributed by atoms with Crippen molar-refractivity contribution in [3.05, 3.63) is 53.6 Å². The molecule has 3 aliphatic carbocycles. The van der Waals surface area contributed by atoms with Crippen LogP contribution >= 0.6 is 0 Å².